The molecule has 1 aromatic rings. The Morgan fingerprint density at radius 3 is 2.68 bits per heavy atom. The van der Waals surface area contributed by atoms with E-state index in [1.807, 2.05) is 0 Å². The van der Waals surface area contributed by atoms with Gasteiger partial charge >= 0.3 is 5.97 Å². The van der Waals surface area contributed by atoms with E-state index in [1.165, 1.54) is 11.3 Å². The molecule has 0 spiro atoms. The van der Waals surface area contributed by atoms with Gasteiger partial charge in [-0.1, -0.05) is 6.92 Å². The number of carbonyl (C=O) groups is 3. The van der Waals surface area contributed by atoms with Gasteiger partial charge < -0.3 is 15.7 Å². The topological polar surface area (TPSA) is 95.5 Å². The maximum atomic E-state index is 11.5. The maximum absolute atomic E-state index is 11.5. The predicted molar refractivity (Wildman–Crippen MR) is 71.1 cm³/mol. The molecule has 104 valence electrons. The van der Waals surface area contributed by atoms with Gasteiger partial charge in [0.15, 0.2) is 0 Å². The Morgan fingerprint density at radius 1 is 1.42 bits per heavy atom. The third-order valence-electron chi connectivity index (χ3n) is 2.46. The van der Waals surface area contributed by atoms with Crippen LogP contribution in [0, 0.1) is 0 Å². The van der Waals surface area contributed by atoms with Gasteiger partial charge in [0.2, 0.25) is 5.91 Å². The summed E-state index contributed by atoms with van der Waals surface area (Å²) in [6, 6.07) is 0.817. The zero-order valence-corrected chi connectivity index (χ0v) is 11.3. The van der Waals surface area contributed by atoms with Gasteiger partial charge in [-0.2, -0.15) is 11.3 Å². The van der Waals surface area contributed by atoms with Crippen molar-refractivity contribution >= 4 is 29.1 Å². The molecule has 0 bridgehead atoms. The van der Waals surface area contributed by atoms with Crippen LogP contribution in [0.2, 0.25) is 0 Å². The van der Waals surface area contributed by atoms with E-state index in [1.54, 1.807) is 23.8 Å². The third-order valence-corrected chi connectivity index (χ3v) is 3.15. The summed E-state index contributed by atoms with van der Waals surface area (Å²) in [5.74, 6) is -1.68. The minimum Gasteiger partial charge on any atom is -0.480 e. The van der Waals surface area contributed by atoms with Crippen molar-refractivity contribution in [2.75, 3.05) is 6.54 Å². The Bertz CT molecular complexity index is 445. The molecule has 0 aliphatic rings. The Morgan fingerprint density at radius 2 is 2.16 bits per heavy atom. The monoisotopic (exact) mass is 284 g/mol. The second-order valence-corrected chi connectivity index (χ2v) is 4.66. The molecule has 2 amide bonds. The molecule has 1 aromatic heterocycles. The van der Waals surface area contributed by atoms with Gasteiger partial charge in [-0.3, -0.25) is 9.59 Å². The number of thiophene rings is 1. The van der Waals surface area contributed by atoms with E-state index in [2.05, 4.69) is 10.6 Å². The van der Waals surface area contributed by atoms with Gasteiger partial charge in [0, 0.05) is 23.9 Å². The summed E-state index contributed by atoms with van der Waals surface area (Å²) < 4.78 is 0. The molecule has 1 atom stereocenters. The summed E-state index contributed by atoms with van der Waals surface area (Å²) in [4.78, 5) is 33.7. The molecule has 1 heterocycles. The number of aliphatic carboxylic acids is 1. The normalized spacial score (nSPS) is 11.6. The number of carbonyl (C=O) groups excluding carboxylic acids is 2. The van der Waals surface area contributed by atoms with Crippen molar-refractivity contribution < 1.29 is 19.5 Å². The average Bonchev–Trinajstić information content (AvgIpc) is 2.89. The number of amides is 2. The van der Waals surface area contributed by atoms with Gasteiger partial charge in [-0.25, -0.2) is 4.79 Å². The molecule has 1 rings (SSSR count). The van der Waals surface area contributed by atoms with Crippen LogP contribution in [0.4, 0.5) is 0 Å². The fourth-order valence-electron chi connectivity index (χ4n) is 1.39. The van der Waals surface area contributed by atoms with Crippen molar-refractivity contribution in [3.05, 3.63) is 22.4 Å². The fraction of sp³-hybridized carbons (Fsp3) is 0.417. The molecule has 0 aliphatic carbocycles. The van der Waals surface area contributed by atoms with Crippen LogP contribution < -0.4 is 10.6 Å². The van der Waals surface area contributed by atoms with Gasteiger partial charge in [0.25, 0.3) is 5.91 Å². The van der Waals surface area contributed by atoms with Crippen LogP contribution in [0.15, 0.2) is 16.8 Å². The van der Waals surface area contributed by atoms with E-state index in [-0.39, 0.29) is 24.8 Å². The smallest absolute Gasteiger partial charge is 0.326 e. The minimum atomic E-state index is -1.06. The Hall–Kier alpha value is -1.89. The lowest BCUT2D eigenvalue weighted by molar-refractivity contribution is -0.141. The predicted octanol–water partition coefficient (Wildman–Crippen LogP) is 0.847. The maximum Gasteiger partial charge on any atom is 0.326 e. The Labute approximate surface area is 114 Å². The number of carboxylic acid groups (broad SMARTS) is 1. The van der Waals surface area contributed by atoms with Crippen molar-refractivity contribution in [1.82, 2.24) is 10.6 Å². The second kappa shape index (κ2) is 7.52. The van der Waals surface area contributed by atoms with Crippen LogP contribution in [0.3, 0.4) is 0 Å². The summed E-state index contributed by atoms with van der Waals surface area (Å²) in [5.41, 5.74) is 0.558. The van der Waals surface area contributed by atoms with E-state index >= 15 is 0 Å². The van der Waals surface area contributed by atoms with E-state index < -0.39 is 12.0 Å². The molecule has 0 aromatic carbocycles. The van der Waals surface area contributed by atoms with E-state index in [0.29, 0.717) is 12.0 Å². The van der Waals surface area contributed by atoms with E-state index in [9.17, 15) is 14.4 Å². The van der Waals surface area contributed by atoms with Crippen molar-refractivity contribution in [1.29, 1.82) is 0 Å². The highest BCUT2D eigenvalue weighted by Gasteiger charge is 2.17. The molecule has 0 saturated heterocycles. The molecular formula is C12H16N2O4S. The first kappa shape index (κ1) is 15.2. The van der Waals surface area contributed by atoms with Crippen LogP contribution in [-0.4, -0.2) is 35.5 Å². The number of rotatable bonds is 7. The number of hydrogen-bond donors (Lipinski definition) is 3. The molecule has 0 radical (unpaired) electrons. The number of hydrogen-bond acceptors (Lipinski definition) is 4. The lowest BCUT2D eigenvalue weighted by Gasteiger charge is -2.12. The summed E-state index contributed by atoms with van der Waals surface area (Å²) >= 11 is 1.42. The molecule has 0 fully saturated rings. The molecule has 3 N–H and O–H groups in total. The summed E-state index contributed by atoms with van der Waals surface area (Å²) in [6.45, 7) is 1.86. The molecule has 1 unspecified atom stereocenters. The molecule has 0 saturated carbocycles. The molecule has 7 heteroatoms. The third kappa shape index (κ3) is 5.09. The highest BCUT2D eigenvalue weighted by Crippen LogP contribution is 2.05. The van der Waals surface area contributed by atoms with Crippen LogP contribution >= 0.6 is 11.3 Å². The van der Waals surface area contributed by atoms with E-state index in [0.717, 1.165) is 0 Å². The van der Waals surface area contributed by atoms with Crippen LogP contribution in [0.1, 0.15) is 30.1 Å². The zero-order chi connectivity index (χ0) is 14.3. The van der Waals surface area contributed by atoms with Gasteiger partial charge in [0.1, 0.15) is 6.04 Å². The average molecular weight is 284 g/mol. The first-order valence-electron chi connectivity index (χ1n) is 5.87. The van der Waals surface area contributed by atoms with Crippen LogP contribution in [0.5, 0.6) is 0 Å². The van der Waals surface area contributed by atoms with Crippen LogP contribution in [-0.2, 0) is 9.59 Å². The summed E-state index contributed by atoms with van der Waals surface area (Å²) in [5, 5.41) is 17.3. The van der Waals surface area contributed by atoms with Gasteiger partial charge in [-0.05, 0) is 17.9 Å². The minimum absolute atomic E-state index is 0.0552. The van der Waals surface area contributed by atoms with Crippen molar-refractivity contribution in [2.45, 2.75) is 25.8 Å². The Balaban J connectivity index is 2.27. The van der Waals surface area contributed by atoms with E-state index in [4.69, 9.17) is 5.11 Å². The molecular weight excluding hydrogens is 268 g/mol. The summed E-state index contributed by atoms with van der Waals surface area (Å²) in [6.07, 6.45) is 0.377. The molecule has 19 heavy (non-hydrogen) atoms. The van der Waals surface area contributed by atoms with Gasteiger partial charge in [-0.15, -0.1) is 0 Å². The zero-order valence-electron chi connectivity index (χ0n) is 10.5. The number of carboxylic acids is 1. The number of nitrogens with one attached hydrogen (secondary N) is 2. The SMILES string of the molecule is CCC(NC(=O)CCNC(=O)c1ccsc1)C(=O)O. The van der Waals surface area contributed by atoms with Crippen LogP contribution in [0.25, 0.3) is 0 Å². The first-order chi connectivity index (χ1) is 9.04. The lowest BCUT2D eigenvalue weighted by atomic mass is 10.2. The Kier molecular flexibility index (Phi) is 6.01. The summed E-state index contributed by atoms with van der Waals surface area (Å²) in [7, 11) is 0. The standard InChI is InChI=1S/C12H16N2O4S/c1-2-9(12(17)18)14-10(15)3-5-13-11(16)8-4-6-19-7-8/h4,6-7,9H,2-3,5H2,1H3,(H,13,16)(H,14,15)(H,17,18). The second-order valence-electron chi connectivity index (χ2n) is 3.88. The quantitative estimate of drug-likeness (QED) is 0.691. The fourth-order valence-corrected chi connectivity index (χ4v) is 2.03. The first-order valence-corrected chi connectivity index (χ1v) is 6.81. The lowest BCUT2D eigenvalue weighted by Crippen LogP contribution is -2.41. The largest absolute Gasteiger partial charge is 0.480 e. The van der Waals surface area contributed by atoms with Gasteiger partial charge in [0.05, 0.1) is 0 Å². The highest BCUT2D eigenvalue weighted by atomic mass is 32.1. The van der Waals surface area contributed by atoms with Crippen molar-refractivity contribution in [3.8, 4) is 0 Å². The van der Waals surface area contributed by atoms with Crippen molar-refractivity contribution in [2.24, 2.45) is 0 Å². The van der Waals surface area contributed by atoms with Crippen molar-refractivity contribution in [3.63, 3.8) is 0 Å². The molecule has 6 nitrogen and oxygen atoms in total. The molecule has 0 aliphatic heterocycles. The highest BCUT2D eigenvalue weighted by molar-refractivity contribution is 7.08.